The van der Waals surface area contributed by atoms with E-state index in [9.17, 15) is 4.79 Å². The molecule has 2 aromatic carbocycles. The lowest BCUT2D eigenvalue weighted by molar-refractivity contribution is 0.0940. The lowest BCUT2D eigenvalue weighted by Crippen LogP contribution is -2.29. The maximum atomic E-state index is 13.1. The van der Waals surface area contributed by atoms with E-state index in [0.717, 1.165) is 48.2 Å². The van der Waals surface area contributed by atoms with Crippen LogP contribution in [0.3, 0.4) is 0 Å². The number of aromatic nitrogens is 2. The quantitative estimate of drug-likeness (QED) is 0.495. The van der Waals surface area contributed by atoms with Crippen molar-refractivity contribution in [2.45, 2.75) is 32.2 Å². The fourth-order valence-electron chi connectivity index (χ4n) is 4.28. The fourth-order valence-corrected chi connectivity index (χ4v) is 4.28. The summed E-state index contributed by atoms with van der Waals surface area (Å²) in [4.78, 5) is 24.6. The van der Waals surface area contributed by atoms with E-state index in [1.807, 2.05) is 48.5 Å². The zero-order valence-electron chi connectivity index (χ0n) is 18.1. The molecule has 1 aliphatic heterocycles. The zero-order valence-corrected chi connectivity index (χ0v) is 18.1. The molecule has 1 aliphatic rings. The molecule has 1 N–H and O–H groups in total. The SMILES string of the molecule is COc1ccccc1CNC(=O)c1nc(N2CCCCCC2)c2oc3ccccc3c2n1. The third-order valence-electron chi connectivity index (χ3n) is 5.94. The molecule has 5 rings (SSSR count). The second-order valence-corrected chi connectivity index (χ2v) is 8.04. The standard InChI is InChI=1S/C25H26N4O3/c1-31-19-12-6-4-10-17(19)16-26-25(30)23-27-21-18-11-5-7-13-20(18)32-22(21)24(28-23)29-14-8-2-3-9-15-29/h4-7,10-13H,2-3,8-9,14-16H2,1H3,(H,26,30). The number of hydrogen-bond acceptors (Lipinski definition) is 6. The number of nitrogens with one attached hydrogen (secondary N) is 1. The Balaban J connectivity index is 1.53. The number of ether oxygens (including phenoxy) is 1. The number of benzene rings is 2. The van der Waals surface area contributed by atoms with E-state index in [2.05, 4.69) is 15.2 Å². The Bertz CT molecular complexity index is 1260. The van der Waals surface area contributed by atoms with Gasteiger partial charge in [-0.05, 0) is 31.0 Å². The van der Waals surface area contributed by atoms with Gasteiger partial charge in [-0.3, -0.25) is 4.79 Å². The van der Waals surface area contributed by atoms with Crippen LogP contribution in [0.2, 0.25) is 0 Å². The van der Waals surface area contributed by atoms with Gasteiger partial charge in [-0.25, -0.2) is 9.97 Å². The van der Waals surface area contributed by atoms with Gasteiger partial charge in [0.1, 0.15) is 16.8 Å². The summed E-state index contributed by atoms with van der Waals surface area (Å²) in [6.45, 7) is 2.12. The average Bonchev–Trinajstić information content (AvgIpc) is 3.00. The van der Waals surface area contributed by atoms with Crippen LogP contribution in [-0.4, -0.2) is 36.1 Å². The minimum atomic E-state index is -0.320. The van der Waals surface area contributed by atoms with E-state index in [-0.39, 0.29) is 11.7 Å². The van der Waals surface area contributed by atoms with E-state index >= 15 is 0 Å². The summed E-state index contributed by atoms with van der Waals surface area (Å²) < 4.78 is 11.5. The van der Waals surface area contributed by atoms with E-state index < -0.39 is 0 Å². The molecule has 4 aromatic rings. The zero-order chi connectivity index (χ0) is 21.9. The number of carbonyl (C=O) groups is 1. The van der Waals surface area contributed by atoms with Crippen LogP contribution in [-0.2, 0) is 6.54 Å². The van der Waals surface area contributed by atoms with E-state index in [4.69, 9.17) is 14.1 Å². The Hall–Kier alpha value is -3.61. The Morgan fingerprint density at radius 2 is 1.78 bits per heavy atom. The van der Waals surface area contributed by atoms with Crippen LogP contribution in [0.15, 0.2) is 52.9 Å². The summed E-state index contributed by atoms with van der Waals surface area (Å²) in [5.74, 6) is 1.27. The third-order valence-corrected chi connectivity index (χ3v) is 5.94. The van der Waals surface area contributed by atoms with Gasteiger partial charge in [0.2, 0.25) is 5.82 Å². The largest absolute Gasteiger partial charge is 0.496 e. The van der Waals surface area contributed by atoms with Gasteiger partial charge in [-0.2, -0.15) is 0 Å². The van der Waals surface area contributed by atoms with Gasteiger partial charge in [0, 0.05) is 30.6 Å². The molecule has 32 heavy (non-hydrogen) atoms. The molecule has 1 amide bonds. The normalized spacial score (nSPS) is 14.5. The molecule has 0 unspecified atom stereocenters. The van der Waals surface area contributed by atoms with Gasteiger partial charge in [0.05, 0.1) is 7.11 Å². The summed E-state index contributed by atoms with van der Waals surface area (Å²) in [5.41, 5.74) is 2.97. The van der Waals surface area contributed by atoms with Crippen molar-refractivity contribution in [2.24, 2.45) is 0 Å². The molecule has 3 heterocycles. The predicted molar refractivity (Wildman–Crippen MR) is 124 cm³/mol. The number of amides is 1. The van der Waals surface area contributed by atoms with Gasteiger partial charge in [0.25, 0.3) is 5.91 Å². The summed E-state index contributed by atoms with van der Waals surface area (Å²) in [6, 6.07) is 15.4. The first-order valence-electron chi connectivity index (χ1n) is 11.1. The first-order valence-corrected chi connectivity index (χ1v) is 11.1. The van der Waals surface area contributed by atoms with Crippen molar-refractivity contribution in [2.75, 3.05) is 25.1 Å². The number of carbonyl (C=O) groups excluding carboxylic acids is 1. The van der Waals surface area contributed by atoms with Crippen LogP contribution in [0.25, 0.3) is 22.1 Å². The molecular formula is C25H26N4O3. The monoisotopic (exact) mass is 430 g/mol. The molecule has 0 radical (unpaired) electrons. The van der Waals surface area contributed by atoms with Crippen molar-refractivity contribution in [1.29, 1.82) is 0 Å². The van der Waals surface area contributed by atoms with Crippen LogP contribution in [0.5, 0.6) is 5.75 Å². The van der Waals surface area contributed by atoms with Crippen molar-refractivity contribution in [3.05, 3.63) is 59.9 Å². The molecule has 2 aromatic heterocycles. The van der Waals surface area contributed by atoms with Crippen molar-refractivity contribution in [3.8, 4) is 5.75 Å². The number of fused-ring (bicyclic) bond motifs is 3. The highest BCUT2D eigenvalue weighted by atomic mass is 16.5. The van der Waals surface area contributed by atoms with Gasteiger partial charge in [0.15, 0.2) is 11.4 Å². The number of hydrogen-bond donors (Lipinski definition) is 1. The highest BCUT2D eigenvalue weighted by Gasteiger charge is 2.23. The fraction of sp³-hybridized carbons (Fsp3) is 0.320. The average molecular weight is 431 g/mol. The van der Waals surface area contributed by atoms with E-state index in [0.29, 0.717) is 23.5 Å². The minimum Gasteiger partial charge on any atom is -0.496 e. The highest BCUT2D eigenvalue weighted by molar-refractivity contribution is 6.07. The molecule has 1 saturated heterocycles. The number of methoxy groups -OCH3 is 1. The third kappa shape index (κ3) is 3.86. The summed E-state index contributed by atoms with van der Waals surface area (Å²) in [6.07, 6.45) is 4.61. The number of furan rings is 1. The maximum absolute atomic E-state index is 13.1. The van der Waals surface area contributed by atoms with Crippen LogP contribution < -0.4 is 15.0 Å². The molecule has 0 atom stereocenters. The van der Waals surface area contributed by atoms with Crippen molar-refractivity contribution in [3.63, 3.8) is 0 Å². The number of nitrogens with zero attached hydrogens (tertiary/aromatic N) is 3. The lowest BCUT2D eigenvalue weighted by Gasteiger charge is -2.21. The van der Waals surface area contributed by atoms with Crippen LogP contribution in [0.1, 0.15) is 41.9 Å². The molecule has 7 heteroatoms. The molecule has 1 fully saturated rings. The molecule has 164 valence electrons. The van der Waals surface area contributed by atoms with Crippen molar-refractivity contribution >= 4 is 33.8 Å². The minimum absolute atomic E-state index is 0.151. The first-order chi connectivity index (χ1) is 15.7. The second-order valence-electron chi connectivity index (χ2n) is 8.04. The molecule has 7 nitrogen and oxygen atoms in total. The van der Waals surface area contributed by atoms with Crippen LogP contribution in [0, 0.1) is 0 Å². The lowest BCUT2D eigenvalue weighted by atomic mass is 10.2. The van der Waals surface area contributed by atoms with E-state index in [1.54, 1.807) is 7.11 Å². The molecule has 0 bridgehead atoms. The topological polar surface area (TPSA) is 80.5 Å². The number of para-hydroxylation sites is 2. The first kappa shape index (κ1) is 20.3. The van der Waals surface area contributed by atoms with E-state index in [1.165, 1.54) is 12.8 Å². The van der Waals surface area contributed by atoms with Crippen molar-refractivity contribution in [1.82, 2.24) is 15.3 Å². The molecule has 0 saturated carbocycles. The Morgan fingerprint density at radius 1 is 1.03 bits per heavy atom. The maximum Gasteiger partial charge on any atom is 0.289 e. The Labute approximate surface area is 186 Å². The smallest absolute Gasteiger partial charge is 0.289 e. The van der Waals surface area contributed by atoms with Gasteiger partial charge >= 0.3 is 0 Å². The Morgan fingerprint density at radius 3 is 2.59 bits per heavy atom. The number of anilines is 1. The van der Waals surface area contributed by atoms with Gasteiger partial charge in [-0.15, -0.1) is 0 Å². The summed E-state index contributed by atoms with van der Waals surface area (Å²) >= 11 is 0. The Kier molecular flexibility index (Phi) is 5.62. The van der Waals surface area contributed by atoms with Gasteiger partial charge < -0.3 is 19.4 Å². The molecular weight excluding hydrogens is 404 g/mol. The van der Waals surface area contributed by atoms with Crippen LogP contribution in [0.4, 0.5) is 5.82 Å². The highest BCUT2D eigenvalue weighted by Crippen LogP contribution is 2.33. The summed E-state index contributed by atoms with van der Waals surface area (Å²) in [7, 11) is 1.62. The molecule has 0 aliphatic carbocycles. The van der Waals surface area contributed by atoms with Gasteiger partial charge in [-0.1, -0.05) is 43.2 Å². The predicted octanol–water partition coefficient (Wildman–Crippen LogP) is 4.70. The summed E-state index contributed by atoms with van der Waals surface area (Å²) in [5, 5.41) is 3.83. The van der Waals surface area contributed by atoms with Crippen LogP contribution >= 0.6 is 0 Å². The molecule has 0 spiro atoms. The van der Waals surface area contributed by atoms with Crippen molar-refractivity contribution < 1.29 is 13.9 Å². The number of rotatable bonds is 5. The second kappa shape index (κ2) is 8.86.